The molecule has 0 aliphatic carbocycles. The monoisotopic (exact) mass is 256 g/mol. The van der Waals surface area contributed by atoms with Gasteiger partial charge in [0.25, 0.3) is 0 Å². The number of aromatic nitrogens is 1. The van der Waals surface area contributed by atoms with E-state index in [-0.39, 0.29) is 5.91 Å². The van der Waals surface area contributed by atoms with Crippen molar-refractivity contribution in [3.05, 3.63) is 14.5 Å². The lowest BCUT2D eigenvalue weighted by Gasteiger charge is -2.21. The third-order valence-electron chi connectivity index (χ3n) is 3.11. The van der Waals surface area contributed by atoms with E-state index in [0.29, 0.717) is 12.5 Å². The van der Waals surface area contributed by atoms with Gasteiger partial charge in [-0.3, -0.25) is 4.79 Å². The van der Waals surface area contributed by atoms with Crippen LogP contribution in [0.25, 0.3) is 0 Å². The van der Waals surface area contributed by atoms with E-state index in [1.807, 2.05) is 11.8 Å². The molecule has 1 fully saturated rings. The van der Waals surface area contributed by atoms with E-state index >= 15 is 0 Å². The summed E-state index contributed by atoms with van der Waals surface area (Å²) in [6.45, 7) is 5.01. The number of hydrogen-bond donors (Lipinski definition) is 1. The molecule has 1 aromatic heterocycles. The van der Waals surface area contributed by atoms with Crippen LogP contribution in [-0.2, 0) is 11.2 Å². The Labute approximate surface area is 104 Å². The van der Waals surface area contributed by atoms with Crippen LogP contribution in [0.3, 0.4) is 0 Å². The van der Waals surface area contributed by atoms with E-state index in [4.69, 9.17) is 12.2 Å². The van der Waals surface area contributed by atoms with Crippen LogP contribution in [0.4, 0.5) is 0 Å². The molecule has 1 N–H and O–H groups in total. The van der Waals surface area contributed by atoms with E-state index in [2.05, 4.69) is 11.9 Å². The van der Waals surface area contributed by atoms with Gasteiger partial charge in [0.2, 0.25) is 5.91 Å². The number of hydrogen-bond acceptors (Lipinski definition) is 3. The SMILES string of the molecule is Cc1[nH]c(=S)sc1CC(=O)N1CCCC1C. The van der Waals surface area contributed by atoms with Crippen molar-refractivity contribution in [2.45, 2.75) is 39.2 Å². The molecule has 3 nitrogen and oxygen atoms in total. The predicted octanol–water partition coefficient (Wildman–Crippen LogP) is 2.67. The molecule has 1 atom stereocenters. The minimum Gasteiger partial charge on any atom is -0.341 e. The van der Waals surface area contributed by atoms with Gasteiger partial charge >= 0.3 is 0 Å². The molecule has 1 amide bonds. The van der Waals surface area contributed by atoms with Crippen LogP contribution >= 0.6 is 23.6 Å². The van der Waals surface area contributed by atoms with Crippen LogP contribution in [0.15, 0.2) is 0 Å². The number of thiazole rings is 1. The summed E-state index contributed by atoms with van der Waals surface area (Å²) in [5.74, 6) is 0.235. The molecule has 1 unspecified atom stereocenters. The zero-order valence-corrected chi connectivity index (χ0v) is 11.2. The van der Waals surface area contributed by atoms with E-state index in [1.54, 1.807) is 0 Å². The van der Waals surface area contributed by atoms with E-state index in [9.17, 15) is 4.79 Å². The zero-order chi connectivity index (χ0) is 11.7. The average molecular weight is 256 g/mol. The first-order chi connectivity index (χ1) is 7.58. The van der Waals surface area contributed by atoms with Crippen LogP contribution < -0.4 is 0 Å². The first-order valence-corrected chi connectivity index (χ1v) is 6.78. The molecular formula is C11H16N2OS2. The maximum atomic E-state index is 12.1. The molecule has 2 rings (SSSR count). The minimum atomic E-state index is 0.235. The predicted molar refractivity (Wildman–Crippen MR) is 68.4 cm³/mol. The van der Waals surface area contributed by atoms with Gasteiger partial charge in [0, 0.05) is 23.2 Å². The number of carbonyl (C=O) groups is 1. The Morgan fingerprint density at radius 2 is 2.44 bits per heavy atom. The first-order valence-electron chi connectivity index (χ1n) is 5.56. The van der Waals surface area contributed by atoms with Gasteiger partial charge in [-0.25, -0.2) is 0 Å². The summed E-state index contributed by atoms with van der Waals surface area (Å²) in [6.07, 6.45) is 2.76. The van der Waals surface area contributed by atoms with Gasteiger partial charge in [-0.1, -0.05) is 0 Å². The lowest BCUT2D eigenvalue weighted by molar-refractivity contribution is -0.130. The third-order valence-corrected chi connectivity index (χ3v) is 4.45. The van der Waals surface area contributed by atoms with Crippen LogP contribution in [0, 0.1) is 10.9 Å². The van der Waals surface area contributed by atoms with Crippen molar-refractivity contribution in [1.82, 2.24) is 9.88 Å². The lowest BCUT2D eigenvalue weighted by atomic mass is 10.2. The van der Waals surface area contributed by atoms with Crippen molar-refractivity contribution in [3.8, 4) is 0 Å². The number of amides is 1. The van der Waals surface area contributed by atoms with E-state index in [1.165, 1.54) is 11.3 Å². The van der Waals surface area contributed by atoms with E-state index < -0.39 is 0 Å². The second-order valence-corrected chi connectivity index (χ2v) is 6.09. The quantitative estimate of drug-likeness (QED) is 0.826. The van der Waals surface area contributed by atoms with Gasteiger partial charge in [-0.05, 0) is 38.9 Å². The highest BCUT2D eigenvalue weighted by molar-refractivity contribution is 7.73. The van der Waals surface area contributed by atoms with Gasteiger partial charge in [0.05, 0.1) is 6.42 Å². The Morgan fingerprint density at radius 1 is 1.69 bits per heavy atom. The number of aromatic amines is 1. The summed E-state index contributed by atoms with van der Waals surface area (Å²) in [4.78, 5) is 18.2. The first kappa shape index (κ1) is 11.8. The molecule has 2 heterocycles. The van der Waals surface area contributed by atoms with Crippen molar-refractivity contribution < 1.29 is 4.79 Å². The number of nitrogens with zero attached hydrogens (tertiary/aromatic N) is 1. The highest BCUT2D eigenvalue weighted by Gasteiger charge is 2.25. The summed E-state index contributed by atoms with van der Waals surface area (Å²) < 4.78 is 0.759. The fraction of sp³-hybridized carbons (Fsp3) is 0.636. The summed E-state index contributed by atoms with van der Waals surface area (Å²) in [6, 6.07) is 0.403. The normalized spacial score (nSPS) is 20.4. The Bertz CT molecular complexity index is 449. The molecule has 1 aliphatic rings. The molecule has 16 heavy (non-hydrogen) atoms. The van der Waals surface area contributed by atoms with Gasteiger partial charge in [0.1, 0.15) is 0 Å². The molecule has 5 heteroatoms. The number of aryl methyl sites for hydroxylation is 1. The van der Waals surface area contributed by atoms with Crippen molar-refractivity contribution in [2.24, 2.45) is 0 Å². The lowest BCUT2D eigenvalue weighted by Crippen LogP contribution is -2.34. The Hall–Kier alpha value is -0.680. The Balaban J connectivity index is 2.07. The number of carbonyl (C=O) groups excluding carboxylic acids is 1. The summed E-state index contributed by atoms with van der Waals surface area (Å²) in [7, 11) is 0. The largest absolute Gasteiger partial charge is 0.341 e. The second-order valence-electron chi connectivity index (χ2n) is 4.32. The number of H-pyrrole nitrogens is 1. The Kier molecular flexibility index (Phi) is 3.44. The Morgan fingerprint density at radius 3 is 2.94 bits per heavy atom. The minimum absolute atomic E-state index is 0.235. The third kappa shape index (κ3) is 2.35. The fourth-order valence-electron chi connectivity index (χ4n) is 2.15. The van der Waals surface area contributed by atoms with Gasteiger partial charge in [-0.2, -0.15) is 0 Å². The molecule has 0 saturated carbocycles. The maximum absolute atomic E-state index is 12.1. The molecule has 0 aromatic carbocycles. The maximum Gasteiger partial charge on any atom is 0.228 e. The molecule has 0 radical (unpaired) electrons. The van der Waals surface area contributed by atoms with Crippen molar-refractivity contribution in [2.75, 3.05) is 6.54 Å². The van der Waals surface area contributed by atoms with Crippen molar-refractivity contribution >= 4 is 29.5 Å². The van der Waals surface area contributed by atoms with Crippen LogP contribution in [0.2, 0.25) is 0 Å². The smallest absolute Gasteiger partial charge is 0.228 e. The highest BCUT2D eigenvalue weighted by Crippen LogP contribution is 2.20. The van der Waals surface area contributed by atoms with Gasteiger partial charge in [0.15, 0.2) is 3.95 Å². The van der Waals surface area contributed by atoms with Crippen molar-refractivity contribution in [3.63, 3.8) is 0 Å². The summed E-state index contributed by atoms with van der Waals surface area (Å²) in [5.41, 5.74) is 1.04. The molecule has 88 valence electrons. The molecular weight excluding hydrogens is 240 g/mol. The zero-order valence-electron chi connectivity index (χ0n) is 9.58. The van der Waals surface area contributed by atoms with Gasteiger partial charge < -0.3 is 9.88 Å². The summed E-state index contributed by atoms with van der Waals surface area (Å²) >= 11 is 6.58. The second kappa shape index (κ2) is 4.67. The fourth-order valence-corrected chi connectivity index (χ4v) is 3.43. The molecule has 1 aromatic rings. The van der Waals surface area contributed by atoms with Crippen LogP contribution in [0.1, 0.15) is 30.3 Å². The molecule has 1 aliphatic heterocycles. The number of nitrogens with one attached hydrogen (secondary N) is 1. The molecule has 1 saturated heterocycles. The topological polar surface area (TPSA) is 36.1 Å². The number of rotatable bonds is 2. The van der Waals surface area contributed by atoms with Crippen LogP contribution in [-0.4, -0.2) is 28.4 Å². The van der Waals surface area contributed by atoms with E-state index in [0.717, 1.165) is 33.9 Å². The van der Waals surface area contributed by atoms with Crippen molar-refractivity contribution in [1.29, 1.82) is 0 Å². The molecule has 0 bridgehead atoms. The van der Waals surface area contributed by atoms with Crippen LogP contribution in [0.5, 0.6) is 0 Å². The van der Waals surface area contributed by atoms with Gasteiger partial charge in [-0.15, -0.1) is 11.3 Å². The average Bonchev–Trinajstić information content (AvgIpc) is 2.74. The standard InChI is InChI=1S/C11H16N2OS2/c1-7-4-3-5-13(7)10(14)6-9-8(2)12-11(15)16-9/h7H,3-6H2,1-2H3,(H,12,15). The summed E-state index contributed by atoms with van der Waals surface area (Å²) in [5, 5.41) is 0. The molecule has 0 spiro atoms. The number of likely N-dealkylation sites (tertiary alicyclic amines) is 1. The highest BCUT2D eigenvalue weighted by atomic mass is 32.1.